The number of rotatable bonds is 7. The van der Waals surface area contributed by atoms with Crippen molar-refractivity contribution in [2.75, 3.05) is 33.3 Å². The molecular weight excluding hydrogens is 352 g/mol. The van der Waals surface area contributed by atoms with Crippen molar-refractivity contribution in [3.8, 4) is 0 Å². The number of amides is 4. The average Bonchev–Trinajstić information content (AvgIpc) is 3.16. The number of carbonyl (C=O) groups is 4. The zero-order valence-electron chi connectivity index (χ0n) is 14.9. The van der Waals surface area contributed by atoms with Crippen molar-refractivity contribution < 1.29 is 23.9 Å². The van der Waals surface area contributed by atoms with E-state index in [1.54, 1.807) is 0 Å². The molecule has 1 saturated heterocycles. The summed E-state index contributed by atoms with van der Waals surface area (Å²) in [6, 6.07) is 7.32. The standard InChI is InChI=1S/C18H20N4O5/c1-21-9-16(24)22(18(21)26)10-17(25)27-11-15(23)19-7-6-12-8-20-14-5-3-2-4-13(12)14/h2-5,8,20H,6-7,9-11H2,1H3,(H,19,23). The molecule has 0 aliphatic carbocycles. The monoisotopic (exact) mass is 372 g/mol. The van der Waals surface area contributed by atoms with Gasteiger partial charge in [-0.15, -0.1) is 0 Å². The fourth-order valence-corrected chi connectivity index (χ4v) is 2.87. The molecule has 1 aromatic heterocycles. The number of carbonyl (C=O) groups excluding carboxylic acids is 4. The van der Waals surface area contributed by atoms with Gasteiger partial charge in [-0.2, -0.15) is 0 Å². The van der Waals surface area contributed by atoms with Gasteiger partial charge in [-0.1, -0.05) is 18.2 Å². The van der Waals surface area contributed by atoms with Gasteiger partial charge in [-0.05, 0) is 18.1 Å². The molecule has 0 saturated carbocycles. The number of H-pyrrole nitrogens is 1. The Morgan fingerprint density at radius 2 is 2.04 bits per heavy atom. The number of likely N-dealkylation sites (N-methyl/N-ethyl adjacent to an activating group) is 1. The molecule has 0 unspecified atom stereocenters. The van der Waals surface area contributed by atoms with Crippen molar-refractivity contribution >= 4 is 34.7 Å². The van der Waals surface area contributed by atoms with Gasteiger partial charge in [0.1, 0.15) is 13.1 Å². The maximum Gasteiger partial charge on any atom is 0.327 e. The Morgan fingerprint density at radius 3 is 2.78 bits per heavy atom. The normalized spacial score (nSPS) is 14.1. The molecule has 142 valence electrons. The van der Waals surface area contributed by atoms with Gasteiger partial charge in [0.25, 0.3) is 11.8 Å². The molecule has 9 nitrogen and oxygen atoms in total. The van der Waals surface area contributed by atoms with Crippen LogP contribution >= 0.6 is 0 Å². The third kappa shape index (κ3) is 4.25. The highest BCUT2D eigenvalue weighted by Crippen LogP contribution is 2.17. The van der Waals surface area contributed by atoms with E-state index < -0.39 is 37.0 Å². The van der Waals surface area contributed by atoms with Crippen LogP contribution in [-0.2, 0) is 25.5 Å². The Morgan fingerprint density at radius 1 is 1.26 bits per heavy atom. The molecule has 0 bridgehead atoms. The van der Waals surface area contributed by atoms with Crippen molar-refractivity contribution in [2.45, 2.75) is 6.42 Å². The Kier molecular flexibility index (Phi) is 5.39. The number of esters is 1. The molecule has 1 fully saturated rings. The summed E-state index contributed by atoms with van der Waals surface area (Å²) in [5.74, 6) is -1.72. The van der Waals surface area contributed by atoms with Gasteiger partial charge in [-0.3, -0.25) is 19.3 Å². The number of fused-ring (bicyclic) bond motifs is 1. The molecule has 3 rings (SSSR count). The Bertz CT molecular complexity index is 891. The second kappa shape index (κ2) is 7.90. The number of hydrogen-bond acceptors (Lipinski definition) is 5. The third-order valence-electron chi connectivity index (χ3n) is 4.27. The van der Waals surface area contributed by atoms with Gasteiger partial charge in [0.05, 0.1) is 0 Å². The lowest BCUT2D eigenvalue weighted by Crippen LogP contribution is -2.38. The zero-order chi connectivity index (χ0) is 19.4. The van der Waals surface area contributed by atoms with E-state index in [1.807, 2.05) is 30.5 Å². The molecular formula is C18H20N4O5. The van der Waals surface area contributed by atoms with Gasteiger partial charge in [-0.25, -0.2) is 4.79 Å². The van der Waals surface area contributed by atoms with E-state index in [1.165, 1.54) is 11.9 Å². The van der Waals surface area contributed by atoms with E-state index in [2.05, 4.69) is 10.3 Å². The number of nitrogens with zero attached hydrogens (tertiary/aromatic N) is 2. The second-order valence-corrected chi connectivity index (χ2v) is 6.24. The minimum Gasteiger partial charge on any atom is -0.454 e. The first kappa shape index (κ1) is 18.4. The van der Waals surface area contributed by atoms with Crippen molar-refractivity contribution in [1.29, 1.82) is 0 Å². The lowest BCUT2D eigenvalue weighted by atomic mass is 10.1. The minimum absolute atomic E-state index is 0.0690. The van der Waals surface area contributed by atoms with Crippen LogP contribution in [0.2, 0.25) is 0 Å². The van der Waals surface area contributed by atoms with E-state index in [0.717, 1.165) is 21.4 Å². The lowest BCUT2D eigenvalue weighted by Gasteiger charge is -2.13. The lowest BCUT2D eigenvalue weighted by molar-refractivity contribution is -0.150. The number of urea groups is 1. The summed E-state index contributed by atoms with van der Waals surface area (Å²) in [7, 11) is 1.46. The summed E-state index contributed by atoms with van der Waals surface area (Å²) in [6.07, 6.45) is 2.53. The molecule has 1 aliphatic rings. The quantitative estimate of drug-likeness (QED) is 0.535. The summed E-state index contributed by atoms with van der Waals surface area (Å²) in [6.45, 7) is -0.629. The van der Waals surface area contributed by atoms with Gasteiger partial charge < -0.3 is 19.9 Å². The Labute approximate surface area is 155 Å². The van der Waals surface area contributed by atoms with Crippen LogP contribution in [0.15, 0.2) is 30.5 Å². The third-order valence-corrected chi connectivity index (χ3v) is 4.27. The smallest absolute Gasteiger partial charge is 0.327 e. The zero-order valence-corrected chi connectivity index (χ0v) is 14.9. The van der Waals surface area contributed by atoms with Gasteiger partial charge >= 0.3 is 12.0 Å². The molecule has 2 N–H and O–H groups in total. The van der Waals surface area contributed by atoms with Crippen LogP contribution < -0.4 is 5.32 Å². The van der Waals surface area contributed by atoms with Crippen LogP contribution in [0, 0.1) is 0 Å². The molecule has 2 heterocycles. The minimum atomic E-state index is -0.807. The van der Waals surface area contributed by atoms with E-state index in [0.29, 0.717) is 13.0 Å². The van der Waals surface area contributed by atoms with Crippen molar-refractivity contribution in [3.63, 3.8) is 0 Å². The first-order valence-electron chi connectivity index (χ1n) is 8.48. The average molecular weight is 372 g/mol. The Hall–Kier alpha value is -3.36. The summed E-state index contributed by atoms with van der Waals surface area (Å²) in [4.78, 5) is 52.0. The van der Waals surface area contributed by atoms with Crippen LogP contribution in [0.5, 0.6) is 0 Å². The van der Waals surface area contributed by atoms with Crippen LogP contribution in [-0.4, -0.2) is 71.9 Å². The second-order valence-electron chi connectivity index (χ2n) is 6.24. The van der Waals surface area contributed by atoms with E-state index in [-0.39, 0.29) is 6.54 Å². The number of ether oxygens (including phenoxy) is 1. The molecule has 1 aromatic carbocycles. The van der Waals surface area contributed by atoms with E-state index in [4.69, 9.17) is 4.74 Å². The van der Waals surface area contributed by atoms with Crippen molar-refractivity contribution in [2.24, 2.45) is 0 Å². The van der Waals surface area contributed by atoms with Crippen LogP contribution in [0.4, 0.5) is 4.79 Å². The molecule has 4 amide bonds. The fraction of sp³-hybridized carbons (Fsp3) is 0.333. The highest BCUT2D eigenvalue weighted by atomic mass is 16.5. The summed E-state index contributed by atoms with van der Waals surface area (Å²) in [5.41, 5.74) is 2.11. The maximum atomic E-state index is 11.8. The number of imide groups is 1. The molecule has 0 spiro atoms. The number of aromatic amines is 1. The number of hydrogen-bond donors (Lipinski definition) is 2. The summed E-state index contributed by atoms with van der Waals surface area (Å²) < 4.78 is 4.83. The summed E-state index contributed by atoms with van der Waals surface area (Å²) >= 11 is 0. The van der Waals surface area contributed by atoms with Gasteiger partial charge in [0.15, 0.2) is 6.61 Å². The Balaban J connectivity index is 1.39. The topological polar surface area (TPSA) is 112 Å². The molecule has 1 aliphatic heterocycles. The predicted molar refractivity (Wildman–Crippen MR) is 95.7 cm³/mol. The number of para-hydroxylation sites is 1. The molecule has 2 aromatic rings. The highest BCUT2D eigenvalue weighted by molar-refractivity contribution is 6.04. The molecule has 0 radical (unpaired) electrons. The molecule has 9 heteroatoms. The number of benzene rings is 1. The van der Waals surface area contributed by atoms with E-state index in [9.17, 15) is 19.2 Å². The van der Waals surface area contributed by atoms with Crippen LogP contribution in [0.1, 0.15) is 5.56 Å². The van der Waals surface area contributed by atoms with Gasteiger partial charge in [0, 0.05) is 30.7 Å². The largest absolute Gasteiger partial charge is 0.454 e. The number of nitrogens with one attached hydrogen (secondary N) is 2. The van der Waals surface area contributed by atoms with Crippen molar-refractivity contribution in [1.82, 2.24) is 20.1 Å². The number of aromatic nitrogens is 1. The van der Waals surface area contributed by atoms with Crippen LogP contribution in [0.25, 0.3) is 10.9 Å². The van der Waals surface area contributed by atoms with Crippen molar-refractivity contribution in [3.05, 3.63) is 36.0 Å². The van der Waals surface area contributed by atoms with Crippen LogP contribution in [0.3, 0.4) is 0 Å². The first-order valence-corrected chi connectivity index (χ1v) is 8.48. The molecule has 27 heavy (non-hydrogen) atoms. The predicted octanol–water partition coefficient (Wildman–Crippen LogP) is 0.264. The summed E-state index contributed by atoms with van der Waals surface area (Å²) in [5, 5.41) is 3.77. The van der Waals surface area contributed by atoms with E-state index >= 15 is 0 Å². The SMILES string of the molecule is CN1CC(=O)N(CC(=O)OCC(=O)NCCc2c[nH]c3ccccc23)C1=O. The maximum absolute atomic E-state index is 11.8. The fourth-order valence-electron chi connectivity index (χ4n) is 2.87. The van der Waals surface area contributed by atoms with Gasteiger partial charge in [0.2, 0.25) is 0 Å². The molecule has 0 atom stereocenters. The highest BCUT2D eigenvalue weighted by Gasteiger charge is 2.35. The first-order chi connectivity index (χ1) is 13.0.